The van der Waals surface area contributed by atoms with Crippen LogP contribution < -0.4 is 4.90 Å². The summed E-state index contributed by atoms with van der Waals surface area (Å²) in [6.45, 7) is 2.58. The van der Waals surface area contributed by atoms with E-state index in [1.54, 1.807) is 0 Å². The number of hydrogen-bond donors (Lipinski definition) is 0. The maximum absolute atomic E-state index is 5.76. The van der Waals surface area contributed by atoms with Gasteiger partial charge in [0.2, 0.25) is 0 Å². The second-order valence-electron chi connectivity index (χ2n) is 5.33. The first-order valence-corrected chi connectivity index (χ1v) is 8.27. The Kier molecular flexibility index (Phi) is 3.19. The molecule has 0 N–H and O–H groups in total. The van der Waals surface area contributed by atoms with Gasteiger partial charge in [-0.15, -0.1) is 0 Å². The molecule has 20 heavy (non-hydrogen) atoms. The van der Waals surface area contributed by atoms with E-state index in [0.29, 0.717) is 9.97 Å². The molecular formula is C17H16INO. The number of anilines is 1. The minimum atomic E-state index is 0.348. The highest BCUT2D eigenvalue weighted by molar-refractivity contribution is 14.1. The monoisotopic (exact) mass is 377 g/mol. The molecule has 4 rings (SSSR count). The zero-order chi connectivity index (χ0) is 13.5. The second-order valence-corrected chi connectivity index (χ2v) is 6.58. The van der Waals surface area contributed by atoms with Crippen molar-refractivity contribution in [2.24, 2.45) is 0 Å². The van der Waals surface area contributed by atoms with E-state index in [-0.39, 0.29) is 0 Å². The highest BCUT2D eigenvalue weighted by Gasteiger charge is 2.33. The van der Waals surface area contributed by atoms with Crippen LogP contribution in [0, 0.1) is 0 Å². The van der Waals surface area contributed by atoms with E-state index < -0.39 is 0 Å². The van der Waals surface area contributed by atoms with E-state index in [9.17, 15) is 0 Å². The summed E-state index contributed by atoms with van der Waals surface area (Å²) in [7, 11) is 0. The predicted molar refractivity (Wildman–Crippen MR) is 89.7 cm³/mol. The van der Waals surface area contributed by atoms with Crippen LogP contribution in [0.4, 0.5) is 5.69 Å². The van der Waals surface area contributed by atoms with Gasteiger partial charge in [0.25, 0.3) is 0 Å². The number of rotatable bonds is 0. The maximum atomic E-state index is 5.76. The number of nitrogens with zero attached hydrogens (tertiary/aromatic N) is 1. The van der Waals surface area contributed by atoms with E-state index in [0.717, 1.165) is 19.8 Å². The molecule has 2 aliphatic heterocycles. The van der Waals surface area contributed by atoms with E-state index in [1.807, 2.05) is 0 Å². The third-order valence-corrected chi connectivity index (χ3v) is 5.62. The lowest BCUT2D eigenvalue weighted by atomic mass is 9.97. The van der Waals surface area contributed by atoms with Crippen molar-refractivity contribution in [2.45, 2.75) is 9.97 Å². The lowest BCUT2D eigenvalue weighted by Crippen LogP contribution is -2.39. The zero-order valence-electron chi connectivity index (χ0n) is 11.1. The highest BCUT2D eigenvalue weighted by Crippen LogP contribution is 2.46. The van der Waals surface area contributed by atoms with Crippen molar-refractivity contribution >= 4 is 28.3 Å². The number of ether oxygens (including phenoxy) is 1. The number of fused-ring (bicyclic) bond motifs is 5. The van der Waals surface area contributed by atoms with E-state index in [2.05, 4.69) is 76.0 Å². The van der Waals surface area contributed by atoms with Gasteiger partial charge in [0.05, 0.1) is 23.2 Å². The third kappa shape index (κ3) is 1.87. The molecule has 0 spiro atoms. The van der Waals surface area contributed by atoms with Crippen LogP contribution in [-0.4, -0.2) is 19.8 Å². The second kappa shape index (κ2) is 5.04. The summed E-state index contributed by atoms with van der Waals surface area (Å²) in [5, 5.41) is 0. The van der Waals surface area contributed by atoms with Gasteiger partial charge < -0.3 is 9.64 Å². The summed E-state index contributed by atoms with van der Waals surface area (Å²) < 4.78 is 6.17. The molecule has 2 aromatic rings. The highest BCUT2D eigenvalue weighted by atomic mass is 127. The first-order valence-electron chi connectivity index (χ1n) is 7.02. The number of benzene rings is 2. The summed E-state index contributed by atoms with van der Waals surface area (Å²) >= 11 is 2.57. The van der Waals surface area contributed by atoms with Crippen LogP contribution in [0.25, 0.3) is 0 Å². The summed E-state index contributed by atoms with van der Waals surface area (Å²) in [5.74, 6) is 0. The van der Waals surface area contributed by atoms with Gasteiger partial charge in [-0.3, -0.25) is 0 Å². The van der Waals surface area contributed by atoms with Crippen LogP contribution in [0.1, 0.15) is 26.7 Å². The minimum absolute atomic E-state index is 0.348. The van der Waals surface area contributed by atoms with Crippen molar-refractivity contribution < 1.29 is 4.74 Å². The van der Waals surface area contributed by atoms with Gasteiger partial charge in [-0.1, -0.05) is 65.1 Å². The minimum Gasteiger partial charge on any atom is -0.377 e. The van der Waals surface area contributed by atoms with E-state index in [4.69, 9.17) is 4.74 Å². The molecule has 2 unspecified atom stereocenters. The molecule has 0 saturated carbocycles. The molecule has 0 bridgehead atoms. The Bertz CT molecular complexity index is 587. The van der Waals surface area contributed by atoms with Gasteiger partial charge in [-0.25, -0.2) is 0 Å². The van der Waals surface area contributed by atoms with Crippen molar-refractivity contribution in [3.05, 3.63) is 65.2 Å². The molecule has 0 aromatic heterocycles. The SMILES string of the molecule is IC1c2ccccc2C2COCCN2c2ccccc21. The maximum Gasteiger partial charge on any atom is 0.0780 e. The standard InChI is InChI=1S/C17H16INO/c18-17-13-6-2-1-5-12(13)16-11-20-10-9-19(16)15-8-4-3-7-14(15)17/h1-8,16-17H,9-11H2. The van der Waals surface area contributed by atoms with Gasteiger partial charge >= 0.3 is 0 Å². The van der Waals surface area contributed by atoms with Crippen LogP contribution in [-0.2, 0) is 4.74 Å². The number of alkyl halides is 1. The van der Waals surface area contributed by atoms with E-state index >= 15 is 0 Å². The van der Waals surface area contributed by atoms with Crippen molar-refractivity contribution in [2.75, 3.05) is 24.7 Å². The predicted octanol–water partition coefficient (Wildman–Crippen LogP) is 4.10. The summed E-state index contributed by atoms with van der Waals surface area (Å²) in [6, 6.07) is 18.0. The molecule has 0 amide bonds. The Hall–Kier alpha value is -1.07. The molecule has 0 radical (unpaired) electrons. The van der Waals surface area contributed by atoms with Gasteiger partial charge in [-0.2, -0.15) is 0 Å². The molecule has 2 nitrogen and oxygen atoms in total. The smallest absolute Gasteiger partial charge is 0.0780 e. The Balaban J connectivity index is 1.97. The Morgan fingerprint density at radius 3 is 2.50 bits per heavy atom. The Labute approximate surface area is 132 Å². The molecule has 2 aliphatic rings. The fourth-order valence-electron chi connectivity index (χ4n) is 3.33. The fourth-order valence-corrected chi connectivity index (χ4v) is 4.42. The molecule has 2 atom stereocenters. The molecule has 1 saturated heterocycles. The number of para-hydroxylation sites is 1. The first kappa shape index (κ1) is 12.7. The third-order valence-electron chi connectivity index (χ3n) is 4.28. The Morgan fingerprint density at radius 2 is 1.65 bits per heavy atom. The summed E-state index contributed by atoms with van der Waals surface area (Å²) in [4.78, 5) is 2.52. The average Bonchev–Trinajstić information content (AvgIpc) is 2.64. The van der Waals surface area contributed by atoms with Crippen molar-refractivity contribution in [1.29, 1.82) is 0 Å². The van der Waals surface area contributed by atoms with Gasteiger partial charge in [0.1, 0.15) is 0 Å². The molecular weight excluding hydrogens is 361 g/mol. The molecule has 0 aliphatic carbocycles. The van der Waals surface area contributed by atoms with Gasteiger partial charge in [0.15, 0.2) is 0 Å². The molecule has 2 aromatic carbocycles. The zero-order valence-corrected chi connectivity index (χ0v) is 13.3. The molecule has 3 heteroatoms. The summed E-state index contributed by atoms with van der Waals surface area (Å²) in [6.07, 6.45) is 0. The lowest BCUT2D eigenvalue weighted by Gasteiger charge is -2.37. The number of halogens is 1. The average molecular weight is 377 g/mol. The van der Waals surface area contributed by atoms with Crippen molar-refractivity contribution in [3.8, 4) is 0 Å². The van der Waals surface area contributed by atoms with E-state index in [1.165, 1.54) is 22.4 Å². The quantitative estimate of drug-likeness (QED) is 0.506. The van der Waals surface area contributed by atoms with Crippen LogP contribution in [0.15, 0.2) is 48.5 Å². The summed E-state index contributed by atoms with van der Waals surface area (Å²) in [5.41, 5.74) is 5.64. The normalized spacial score (nSPS) is 24.4. The van der Waals surface area contributed by atoms with Crippen molar-refractivity contribution in [3.63, 3.8) is 0 Å². The fraction of sp³-hybridized carbons (Fsp3) is 0.294. The molecule has 1 fully saturated rings. The number of hydrogen-bond acceptors (Lipinski definition) is 2. The largest absolute Gasteiger partial charge is 0.377 e. The number of morpholine rings is 1. The van der Waals surface area contributed by atoms with Crippen LogP contribution in [0.5, 0.6) is 0 Å². The van der Waals surface area contributed by atoms with Gasteiger partial charge in [-0.05, 0) is 22.8 Å². The van der Waals surface area contributed by atoms with Gasteiger partial charge in [0, 0.05) is 12.2 Å². The van der Waals surface area contributed by atoms with Crippen molar-refractivity contribution in [1.82, 2.24) is 0 Å². The lowest BCUT2D eigenvalue weighted by molar-refractivity contribution is 0.0942. The molecule has 2 heterocycles. The van der Waals surface area contributed by atoms with Crippen LogP contribution in [0.2, 0.25) is 0 Å². The topological polar surface area (TPSA) is 12.5 Å². The molecule has 102 valence electrons. The first-order chi connectivity index (χ1) is 9.86. The van der Waals surface area contributed by atoms with Crippen LogP contribution >= 0.6 is 22.6 Å². The Morgan fingerprint density at radius 1 is 0.950 bits per heavy atom. The van der Waals surface area contributed by atoms with Crippen LogP contribution in [0.3, 0.4) is 0 Å².